The van der Waals surface area contributed by atoms with Gasteiger partial charge in [-0.15, -0.1) is 0 Å². The molecule has 1 fully saturated rings. The van der Waals surface area contributed by atoms with E-state index in [9.17, 15) is 4.79 Å². The van der Waals surface area contributed by atoms with Crippen LogP contribution >= 0.6 is 0 Å². The molecule has 31 heavy (non-hydrogen) atoms. The molecule has 1 saturated heterocycles. The summed E-state index contributed by atoms with van der Waals surface area (Å²) in [7, 11) is 0. The van der Waals surface area contributed by atoms with Crippen molar-refractivity contribution in [1.82, 2.24) is 19.8 Å². The lowest BCUT2D eigenvalue weighted by Crippen LogP contribution is -2.45. The molecule has 3 heterocycles. The fourth-order valence-electron chi connectivity index (χ4n) is 3.47. The summed E-state index contributed by atoms with van der Waals surface area (Å²) in [6, 6.07) is 13.4. The van der Waals surface area contributed by atoms with Crippen molar-refractivity contribution in [3.63, 3.8) is 0 Å². The molecule has 3 aromatic rings. The Kier molecular flexibility index (Phi) is 6.18. The van der Waals surface area contributed by atoms with Crippen molar-refractivity contribution in [1.29, 1.82) is 5.41 Å². The number of aromatic nitrogens is 2. The minimum atomic E-state index is 0.463. The van der Waals surface area contributed by atoms with Gasteiger partial charge in [0.25, 0.3) is 0 Å². The Morgan fingerprint density at radius 2 is 1.97 bits per heavy atom. The van der Waals surface area contributed by atoms with Crippen LogP contribution in [0.1, 0.15) is 11.3 Å². The fourth-order valence-corrected chi connectivity index (χ4v) is 3.47. The average molecular weight is 416 g/mol. The second-order valence-electron chi connectivity index (χ2n) is 7.35. The summed E-state index contributed by atoms with van der Waals surface area (Å²) in [6.07, 6.45) is 5.18. The largest absolute Gasteiger partial charge is 0.439 e. The number of fused-ring (bicyclic) bond motifs is 1. The Morgan fingerprint density at radius 1 is 1.13 bits per heavy atom. The van der Waals surface area contributed by atoms with E-state index < -0.39 is 0 Å². The van der Waals surface area contributed by atoms with Crippen LogP contribution in [0, 0.1) is 5.41 Å². The molecule has 1 amide bonds. The zero-order chi connectivity index (χ0) is 21.6. The third-order valence-corrected chi connectivity index (χ3v) is 5.21. The highest BCUT2D eigenvalue weighted by Gasteiger charge is 2.16. The van der Waals surface area contributed by atoms with Gasteiger partial charge in [-0.3, -0.25) is 14.7 Å². The van der Waals surface area contributed by atoms with E-state index in [0.717, 1.165) is 67.5 Å². The number of carbonyl (C=O) groups is 1. The number of piperazine rings is 1. The number of rotatable bonds is 7. The van der Waals surface area contributed by atoms with Crippen LogP contribution in [0.4, 0.5) is 0 Å². The molecule has 2 aromatic heterocycles. The quantitative estimate of drug-likeness (QED) is 0.453. The smallest absolute Gasteiger partial charge is 0.219 e. The summed E-state index contributed by atoms with van der Waals surface area (Å²) < 4.78 is 5.87. The van der Waals surface area contributed by atoms with Crippen molar-refractivity contribution in [2.45, 2.75) is 6.54 Å². The Morgan fingerprint density at radius 3 is 2.68 bits per heavy atom. The Labute approximate surface area is 180 Å². The van der Waals surface area contributed by atoms with Crippen LogP contribution in [0.3, 0.4) is 0 Å². The first-order valence-corrected chi connectivity index (χ1v) is 10.1. The van der Waals surface area contributed by atoms with E-state index in [0.29, 0.717) is 17.3 Å². The zero-order valence-corrected chi connectivity index (χ0v) is 17.1. The molecule has 0 bridgehead atoms. The van der Waals surface area contributed by atoms with Gasteiger partial charge in [-0.05, 0) is 36.4 Å². The normalized spacial score (nSPS) is 15.1. The number of ether oxygens (including phenoxy) is 1. The maximum Gasteiger partial charge on any atom is 0.219 e. The van der Waals surface area contributed by atoms with E-state index in [1.165, 1.54) is 6.08 Å². The highest BCUT2D eigenvalue weighted by atomic mass is 16.5. The van der Waals surface area contributed by atoms with Gasteiger partial charge in [0.2, 0.25) is 12.3 Å². The van der Waals surface area contributed by atoms with E-state index in [4.69, 9.17) is 20.9 Å². The lowest BCUT2D eigenvalue weighted by molar-refractivity contribution is -0.119. The Balaban J connectivity index is 1.43. The van der Waals surface area contributed by atoms with E-state index in [1.807, 2.05) is 36.4 Å². The van der Waals surface area contributed by atoms with Crippen molar-refractivity contribution in [2.24, 2.45) is 5.73 Å². The highest BCUT2D eigenvalue weighted by Crippen LogP contribution is 2.25. The van der Waals surface area contributed by atoms with Crippen LogP contribution in [0.15, 0.2) is 54.7 Å². The predicted octanol–water partition coefficient (Wildman–Crippen LogP) is 2.65. The number of nitrogens with one attached hydrogen (secondary N) is 1. The standard InChI is InChI=1S/C23H24N6O2/c24-8-7-21(25)18-2-6-23(26-14-18)31-20-4-5-22-17(13-20)1-3-19(27-22)15-28-9-11-29(16-30)12-10-28/h1-8,13-14,16,24H,9-12,15,25H2/b21-7-,24-8?. The molecule has 1 aliphatic heterocycles. The number of hydrogen-bond donors (Lipinski definition) is 2. The van der Waals surface area contributed by atoms with Gasteiger partial charge in [0.15, 0.2) is 0 Å². The molecular weight excluding hydrogens is 392 g/mol. The van der Waals surface area contributed by atoms with Gasteiger partial charge in [0.05, 0.1) is 11.2 Å². The van der Waals surface area contributed by atoms with Gasteiger partial charge >= 0.3 is 0 Å². The molecule has 1 aromatic carbocycles. The minimum absolute atomic E-state index is 0.463. The number of allylic oxidation sites excluding steroid dienone is 1. The third-order valence-electron chi connectivity index (χ3n) is 5.21. The van der Waals surface area contributed by atoms with Crippen LogP contribution in [-0.2, 0) is 11.3 Å². The molecule has 0 aliphatic carbocycles. The fraction of sp³-hybridized carbons (Fsp3) is 0.217. The van der Waals surface area contributed by atoms with E-state index in [2.05, 4.69) is 9.88 Å². The number of pyridine rings is 2. The number of carbonyl (C=O) groups excluding carboxylic acids is 1. The molecule has 0 spiro atoms. The van der Waals surface area contributed by atoms with Crippen molar-refractivity contribution in [3.05, 3.63) is 66.0 Å². The highest BCUT2D eigenvalue weighted by molar-refractivity contribution is 5.81. The van der Waals surface area contributed by atoms with E-state index in [1.54, 1.807) is 17.2 Å². The molecule has 0 saturated carbocycles. The number of nitrogens with zero attached hydrogens (tertiary/aromatic N) is 4. The van der Waals surface area contributed by atoms with Crippen LogP contribution in [0.25, 0.3) is 16.6 Å². The predicted molar refractivity (Wildman–Crippen MR) is 120 cm³/mol. The topological polar surface area (TPSA) is 108 Å². The molecule has 0 atom stereocenters. The van der Waals surface area contributed by atoms with E-state index in [-0.39, 0.29) is 0 Å². The van der Waals surface area contributed by atoms with Crippen molar-refractivity contribution < 1.29 is 9.53 Å². The first-order valence-electron chi connectivity index (χ1n) is 10.1. The molecule has 0 radical (unpaired) electrons. The second kappa shape index (κ2) is 9.36. The van der Waals surface area contributed by atoms with Crippen molar-refractivity contribution in [2.75, 3.05) is 26.2 Å². The van der Waals surface area contributed by atoms with Crippen LogP contribution < -0.4 is 10.5 Å². The average Bonchev–Trinajstić information content (AvgIpc) is 2.80. The number of nitrogens with two attached hydrogens (primary N) is 1. The lowest BCUT2D eigenvalue weighted by atomic mass is 10.2. The molecule has 3 N–H and O–H groups in total. The van der Waals surface area contributed by atoms with Gasteiger partial charge in [-0.25, -0.2) is 4.98 Å². The number of hydrogen-bond acceptors (Lipinski definition) is 7. The summed E-state index contributed by atoms with van der Waals surface area (Å²) in [5.41, 5.74) is 8.99. The van der Waals surface area contributed by atoms with Gasteiger partial charge in [-0.2, -0.15) is 0 Å². The SMILES string of the molecule is N=C/C=C(\N)c1ccc(Oc2ccc3nc(CN4CCN(C=O)CC4)ccc3c2)nc1. The van der Waals surface area contributed by atoms with Gasteiger partial charge in [0.1, 0.15) is 5.75 Å². The number of benzene rings is 1. The maximum atomic E-state index is 10.8. The maximum absolute atomic E-state index is 10.8. The van der Waals surface area contributed by atoms with Gasteiger partial charge < -0.3 is 20.8 Å². The monoisotopic (exact) mass is 416 g/mol. The third kappa shape index (κ3) is 5.04. The molecule has 1 aliphatic rings. The molecule has 0 unspecified atom stereocenters. The Bertz CT molecular complexity index is 1100. The second-order valence-corrected chi connectivity index (χ2v) is 7.35. The first kappa shape index (κ1) is 20.5. The Hall–Kier alpha value is -3.78. The minimum Gasteiger partial charge on any atom is -0.439 e. The first-order chi connectivity index (χ1) is 15.1. The number of amides is 1. The summed E-state index contributed by atoms with van der Waals surface area (Å²) >= 11 is 0. The van der Waals surface area contributed by atoms with Gasteiger partial charge in [-0.1, -0.05) is 6.07 Å². The van der Waals surface area contributed by atoms with Crippen LogP contribution in [-0.4, -0.2) is 58.6 Å². The molecule has 8 heteroatoms. The molecule has 8 nitrogen and oxygen atoms in total. The molecule has 158 valence electrons. The zero-order valence-electron chi connectivity index (χ0n) is 17.1. The van der Waals surface area contributed by atoms with Crippen LogP contribution in [0.5, 0.6) is 11.6 Å². The molecule has 4 rings (SSSR count). The van der Waals surface area contributed by atoms with Crippen LogP contribution in [0.2, 0.25) is 0 Å². The van der Waals surface area contributed by atoms with Crippen molar-refractivity contribution in [3.8, 4) is 11.6 Å². The summed E-state index contributed by atoms with van der Waals surface area (Å²) in [5, 5.41) is 8.07. The summed E-state index contributed by atoms with van der Waals surface area (Å²) in [5.74, 6) is 1.14. The van der Waals surface area contributed by atoms with E-state index >= 15 is 0 Å². The lowest BCUT2D eigenvalue weighted by Gasteiger charge is -2.32. The summed E-state index contributed by atoms with van der Waals surface area (Å²) in [6.45, 7) is 4.02. The summed E-state index contributed by atoms with van der Waals surface area (Å²) in [4.78, 5) is 24.0. The van der Waals surface area contributed by atoms with Gasteiger partial charge in [0, 0.05) is 67.8 Å². The van der Waals surface area contributed by atoms with Crippen molar-refractivity contribution >= 4 is 29.2 Å². The molecular formula is C23H24N6O2.